The monoisotopic (exact) mass is 466 g/mol. The van der Waals surface area contributed by atoms with Crippen molar-refractivity contribution < 1.29 is 29.0 Å². The summed E-state index contributed by atoms with van der Waals surface area (Å²) < 4.78 is 10.9. The maximum Gasteiger partial charge on any atom is 0.408 e. The number of nitrogens with one attached hydrogen (secondary N) is 2. The summed E-state index contributed by atoms with van der Waals surface area (Å²) in [4.78, 5) is 37.2. The van der Waals surface area contributed by atoms with E-state index in [1.165, 1.54) is 0 Å². The third-order valence-corrected chi connectivity index (χ3v) is 6.69. The summed E-state index contributed by atoms with van der Waals surface area (Å²) >= 11 is 0. The first-order valence-electron chi connectivity index (χ1n) is 11.5. The minimum atomic E-state index is -1.29. The third kappa shape index (κ3) is 4.63. The number of hydrogen-bond acceptors (Lipinski definition) is 5. The number of carbonyl (C=O) groups excluding carboxylic acids is 2. The van der Waals surface area contributed by atoms with E-state index in [9.17, 15) is 19.5 Å². The Hall–Kier alpha value is -3.39. The lowest BCUT2D eigenvalue weighted by molar-refractivity contribution is -0.157. The average Bonchev–Trinajstić information content (AvgIpc) is 3.15. The van der Waals surface area contributed by atoms with E-state index in [-0.39, 0.29) is 25.7 Å². The normalized spacial score (nSPS) is 19.6. The molecule has 0 radical (unpaired) electrons. The van der Waals surface area contributed by atoms with Crippen molar-refractivity contribution in [2.24, 2.45) is 5.41 Å². The summed E-state index contributed by atoms with van der Waals surface area (Å²) in [6.45, 7) is 3.72. The van der Waals surface area contributed by atoms with Crippen molar-refractivity contribution in [3.63, 3.8) is 0 Å². The number of benzene rings is 2. The molecule has 8 nitrogen and oxygen atoms in total. The number of ether oxygens (including phenoxy) is 2. The Morgan fingerprint density at radius 3 is 2.26 bits per heavy atom. The highest BCUT2D eigenvalue weighted by Crippen LogP contribution is 2.44. The average molecular weight is 467 g/mol. The van der Waals surface area contributed by atoms with Gasteiger partial charge in [0.1, 0.15) is 17.6 Å². The van der Waals surface area contributed by atoms with Gasteiger partial charge in [0.15, 0.2) is 0 Å². The summed E-state index contributed by atoms with van der Waals surface area (Å²) in [6, 6.07) is 16.1. The molecule has 0 bridgehead atoms. The second-order valence-electron chi connectivity index (χ2n) is 9.50. The minimum Gasteiger partial charge on any atom is -0.481 e. The summed E-state index contributed by atoms with van der Waals surface area (Å²) in [5.41, 5.74) is 2.01. The number of carbonyl (C=O) groups is 3. The number of rotatable bonds is 7. The maximum absolute atomic E-state index is 12.8. The largest absolute Gasteiger partial charge is 0.481 e. The highest BCUT2D eigenvalue weighted by molar-refractivity contribution is 5.89. The third-order valence-electron chi connectivity index (χ3n) is 6.69. The molecule has 1 saturated heterocycles. The van der Waals surface area contributed by atoms with E-state index in [0.717, 1.165) is 22.3 Å². The fourth-order valence-electron chi connectivity index (χ4n) is 4.65. The fraction of sp³-hybridized carbons (Fsp3) is 0.423. The van der Waals surface area contributed by atoms with Crippen molar-refractivity contribution in [1.82, 2.24) is 10.6 Å². The lowest BCUT2D eigenvalue weighted by atomic mass is 9.82. The molecule has 3 N–H and O–H groups in total. The van der Waals surface area contributed by atoms with Gasteiger partial charge in [-0.1, -0.05) is 48.5 Å². The Morgan fingerprint density at radius 2 is 1.71 bits per heavy atom. The standard InChI is InChI=1S/C26H30N2O6/c1-25(2,22(29)27-15-26(23(30)31)12-7-13-33-16-26)28-24(32)34-14-21-19-10-5-3-8-17(19)18-9-4-6-11-20(18)21/h3-6,8-11,21H,7,12-16H2,1-2H3,(H,27,29)(H,28,32)(H,30,31). The molecule has 1 atom stereocenters. The summed E-state index contributed by atoms with van der Waals surface area (Å²) in [5, 5.41) is 14.9. The highest BCUT2D eigenvalue weighted by atomic mass is 16.5. The van der Waals surface area contributed by atoms with Crippen molar-refractivity contribution in [1.29, 1.82) is 0 Å². The van der Waals surface area contributed by atoms with Gasteiger partial charge in [0.25, 0.3) is 0 Å². The first-order valence-corrected chi connectivity index (χ1v) is 11.5. The van der Waals surface area contributed by atoms with Crippen LogP contribution < -0.4 is 10.6 Å². The van der Waals surface area contributed by atoms with E-state index >= 15 is 0 Å². The van der Waals surface area contributed by atoms with Gasteiger partial charge in [-0.15, -0.1) is 0 Å². The van der Waals surface area contributed by atoms with E-state index in [1.807, 2.05) is 36.4 Å². The van der Waals surface area contributed by atoms with Gasteiger partial charge in [-0.2, -0.15) is 0 Å². The van der Waals surface area contributed by atoms with E-state index in [0.29, 0.717) is 19.4 Å². The predicted octanol–water partition coefficient (Wildman–Crippen LogP) is 3.30. The summed E-state index contributed by atoms with van der Waals surface area (Å²) in [5.74, 6) is -1.58. The van der Waals surface area contributed by atoms with Crippen LogP contribution >= 0.6 is 0 Å². The van der Waals surface area contributed by atoms with Crippen LogP contribution in [-0.2, 0) is 19.1 Å². The van der Waals surface area contributed by atoms with Crippen molar-refractivity contribution in [3.05, 3.63) is 59.7 Å². The van der Waals surface area contributed by atoms with Gasteiger partial charge < -0.3 is 25.2 Å². The Labute approximate surface area is 198 Å². The number of carboxylic acid groups (broad SMARTS) is 1. The molecule has 8 heteroatoms. The lowest BCUT2D eigenvalue weighted by Gasteiger charge is -2.34. The van der Waals surface area contributed by atoms with Gasteiger partial charge in [-0.25, -0.2) is 4.79 Å². The van der Waals surface area contributed by atoms with Crippen LogP contribution in [0.25, 0.3) is 11.1 Å². The molecule has 1 aliphatic carbocycles. The molecule has 0 aromatic heterocycles. The molecule has 2 amide bonds. The van der Waals surface area contributed by atoms with Gasteiger partial charge in [-0.3, -0.25) is 9.59 Å². The number of hydrogen-bond donors (Lipinski definition) is 3. The Bertz CT molecular complexity index is 1040. The molecule has 1 aliphatic heterocycles. The summed E-state index contributed by atoms with van der Waals surface area (Å²) in [6.07, 6.45) is 0.322. The zero-order valence-electron chi connectivity index (χ0n) is 19.4. The number of alkyl carbamates (subject to hydrolysis) is 1. The number of fused-ring (bicyclic) bond motifs is 3. The molecule has 2 aromatic carbocycles. The molecule has 1 unspecified atom stereocenters. The number of carboxylic acids is 1. The van der Waals surface area contributed by atoms with Crippen molar-refractivity contribution in [2.75, 3.05) is 26.4 Å². The van der Waals surface area contributed by atoms with Gasteiger partial charge in [-0.05, 0) is 48.9 Å². The van der Waals surface area contributed by atoms with Gasteiger partial charge in [0.05, 0.1) is 6.61 Å². The molecule has 0 spiro atoms. The molecular weight excluding hydrogens is 436 g/mol. The molecular formula is C26H30N2O6. The zero-order chi connectivity index (χ0) is 24.3. The van der Waals surface area contributed by atoms with E-state index < -0.39 is 28.9 Å². The second kappa shape index (κ2) is 9.46. The van der Waals surface area contributed by atoms with Crippen LogP contribution in [0, 0.1) is 5.41 Å². The van der Waals surface area contributed by atoms with Crippen molar-refractivity contribution >= 4 is 18.0 Å². The Morgan fingerprint density at radius 1 is 1.09 bits per heavy atom. The molecule has 1 heterocycles. The predicted molar refractivity (Wildman–Crippen MR) is 125 cm³/mol. The maximum atomic E-state index is 12.8. The smallest absolute Gasteiger partial charge is 0.408 e. The van der Waals surface area contributed by atoms with Gasteiger partial charge >= 0.3 is 12.1 Å². The molecule has 1 fully saturated rings. The Kier molecular flexibility index (Phi) is 6.61. The molecule has 2 aliphatic rings. The van der Waals surface area contributed by atoms with E-state index in [2.05, 4.69) is 22.8 Å². The molecule has 4 rings (SSSR count). The van der Waals surface area contributed by atoms with Gasteiger partial charge in [0.2, 0.25) is 5.91 Å². The van der Waals surface area contributed by atoms with E-state index in [1.54, 1.807) is 13.8 Å². The van der Waals surface area contributed by atoms with Crippen LogP contribution in [0.1, 0.15) is 43.7 Å². The van der Waals surface area contributed by atoms with Crippen molar-refractivity contribution in [3.8, 4) is 11.1 Å². The summed E-state index contributed by atoms with van der Waals surface area (Å²) in [7, 11) is 0. The fourth-order valence-corrected chi connectivity index (χ4v) is 4.65. The second-order valence-corrected chi connectivity index (χ2v) is 9.50. The first kappa shape index (κ1) is 23.8. The van der Waals surface area contributed by atoms with Crippen LogP contribution in [0.5, 0.6) is 0 Å². The van der Waals surface area contributed by atoms with Crippen LogP contribution in [0.4, 0.5) is 4.79 Å². The topological polar surface area (TPSA) is 114 Å². The molecule has 2 aromatic rings. The molecule has 0 saturated carbocycles. The van der Waals surface area contributed by atoms with Crippen LogP contribution in [0.15, 0.2) is 48.5 Å². The number of aliphatic carboxylic acids is 1. The van der Waals surface area contributed by atoms with E-state index in [4.69, 9.17) is 9.47 Å². The van der Waals surface area contributed by atoms with Crippen molar-refractivity contribution in [2.45, 2.75) is 38.1 Å². The van der Waals surface area contributed by atoms with Crippen LogP contribution in [0.3, 0.4) is 0 Å². The highest BCUT2D eigenvalue weighted by Gasteiger charge is 2.42. The first-order chi connectivity index (χ1) is 16.2. The Balaban J connectivity index is 1.35. The zero-order valence-corrected chi connectivity index (χ0v) is 19.4. The molecule has 34 heavy (non-hydrogen) atoms. The van der Waals surface area contributed by atoms with Crippen LogP contribution in [0.2, 0.25) is 0 Å². The minimum absolute atomic E-state index is 0.0445. The SMILES string of the molecule is CC(C)(NC(=O)OCC1c2ccccc2-c2ccccc21)C(=O)NCC1(C(=O)O)CCCOC1. The number of amides is 2. The van der Waals surface area contributed by atoms with Gasteiger partial charge in [0, 0.05) is 19.1 Å². The molecule has 180 valence electrons. The van der Waals surface area contributed by atoms with Crippen LogP contribution in [-0.4, -0.2) is 55.0 Å². The quantitative estimate of drug-likeness (QED) is 0.577. The lowest BCUT2D eigenvalue weighted by Crippen LogP contribution is -2.58.